The maximum atomic E-state index is 4.50. The summed E-state index contributed by atoms with van der Waals surface area (Å²) in [4.78, 5) is 5.91. The zero-order valence-corrected chi connectivity index (χ0v) is 11.9. The first-order valence-electron chi connectivity index (χ1n) is 6.76. The molecule has 3 rings (SSSR count). The van der Waals surface area contributed by atoms with Gasteiger partial charge in [-0.05, 0) is 29.7 Å². The van der Waals surface area contributed by atoms with Gasteiger partial charge in [-0.25, -0.2) is 0 Å². The van der Waals surface area contributed by atoms with Gasteiger partial charge in [-0.3, -0.25) is 4.98 Å². The molecule has 0 amide bonds. The molecule has 2 aromatic rings. The molecule has 1 aliphatic rings. The van der Waals surface area contributed by atoms with Gasteiger partial charge in [0.2, 0.25) is 0 Å². The number of benzene rings is 1. The van der Waals surface area contributed by atoms with Gasteiger partial charge >= 0.3 is 0 Å². The summed E-state index contributed by atoms with van der Waals surface area (Å²) in [6, 6.07) is 13.3. The third-order valence-corrected chi connectivity index (χ3v) is 4.76. The van der Waals surface area contributed by atoms with Crippen LogP contribution in [-0.2, 0) is 13.0 Å². The van der Waals surface area contributed by atoms with E-state index >= 15 is 0 Å². The molecule has 1 N–H and O–H groups in total. The molecular weight excluding hydrogens is 252 g/mol. The van der Waals surface area contributed by atoms with Gasteiger partial charge in [0.15, 0.2) is 0 Å². The fourth-order valence-electron chi connectivity index (χ4n) is 2.50. The van der Waals surface area contributed by atoms with Crippen LogP contribution in [0.3, 0.4) is 0 Å². The van der Waals surface area contributed by atoms with Crippen molar-refractivity contribution >= 4 is 11.8 Å². The Morgan fingerprint density at radius 2 is 2.16 bits per heavy atom. The van der Waals surface area contributed by atoms with E-state index in [0.717, 1.165) is 18.7 Å². The third kappa shape index (κ3) is 2.67. The summed E-state index contributed by atoms with van der Waals surface area (Å²) in [7, 11) is 0. The molecule has 0 saturated carbocycles. The summed E-state index contributed by atoms with van der Waals surface area (Å²) >= 11 is 1.94. The summed E-state index contributed by atoms with van der Waals surface area (Å²) in [5, 5.41) is 3.65. The van der Waals surface area contributed by atoms with Gasteiger partial charge in [0.1, 0.15) is 0 Å². The molecule has 1 unspecified atom stereocenters. The normalized spacial score (nSPS) is 17.4. The molecule has 0 saturated heterocycles. The Morgan fingerprint density at radius 1 is 1.26 bits per heavy atom. The molecule has 0 bridgehead atoms. The van der Waals surface area contributed by atoms with E-state index in [2.05, 4.69) is 47.6 Å². The second-order valence-corrected chi connectivity index (χ2v) is 5.81. The first-order chi connectivity index (χ1) is 9.38. The van der Waals surface area contributed by atoms with E-state index in [1.807, 2.05) is 24.0 Å². The Morgan fingerprint density at radius 3 is 3.05 bits per heavy atom. The van der Waals surface area contributed by atoms with Gasteiger partial charge in [-0.1, -0.05) is 31.2 Å². The van der Waals surface area contributed by atoms with E-state index in [-0.39, 0.29) is 0 Å². The number of pyridine rings is 1. The van der Waals surface area contributed by atoms with Crippen molar-refractivity contribution in [2.45, 2.75) is 30.8 Å². The molecule has 1 aromatic heterocycles. The van der Waals surface area contributed by atoms with Gasteiger partial charge in [0.05, 0.1) is 5.69 Å². The number of nitrogens with one attached hydrogen (secondary N) is 1. The van der Waals surface area contributed by atoms with Crippen molar-refractivity contribution in [3.8, 4) is 0 Å². The number of fused-ring (bicyclic) bond motifs is 1. The van der Waals surface area contributed by atoms with Gasteiger partial charge in [-0.15, -0.1) is 11.8 Å². The molecule has 19 heavy (non-hydrogen) atoms. The van der Waals surface area contributed by atoms with Crippen LogP contribution >= 0.6 is 11.8 Å². The minimum Gasteiger partial charge on any atom is -0.303 e. The lowest BCUT2D eigenvalue weighted by Crippen LogP contribution is -2.21. The Kier molecular flexibility index (Phi) is 3.85. The van der Waals surface area contributed by atoms with E-state index in [9.17, 15) is 0 Å². The van der Waals surface area contributed by atoms with Crippen LogP contribution in [0.5, 0.6) is 0 Å². The van der Waals surface area contributed by atoms with E-state index in [0.29, 0.717) is 6.04 Å². The minimum atomic E-state index is 0.452. The van der Waals surface area contributed by atoms with Gasteiger partial charge in [0, 0.05) is 29.4 Å². The quantitative estimate of drug-likeness (QED) is 0.919. The predicted octanol–water partition coefficient (Wildman–Crippen LogP) is 3.58. The fourth-order valence-corrected chi connectivity index (χ4v) is 3.70. The maximum absolute atomic E-state index is 4.50. The molecule has 1 aliphatic heterocycles. The molecule has 3 heteroatoms. The third-order valence-electron chi connectivity index (χ3n) is 3.58. The van der Waals surface area contributed by atoms with Crippen molar-refractivity contribution in [2.75, 3.05) is 5.75 Å². The second-order valence-electron chi connectivity index (χ2n) is 4.75. The Balaban J connectivity index is 1.71. The zero-order chi connectivity index (χ0) is 13.1. The monoisotopic (exact) mass is 270 g/mol. The van der Waals surface area contributed by atoms with Crippen LogP contribution in [0.4, 0.5) is 0 Å². The largest absolute Gasteiger partial charge is 0.303 e. The molecule has 2 nitrogen and oxygen atoms in total. The van der Waals surface area contributed by atoms with Crippen LogP contribution in [-0.4, -0.2) is 10.7 Å². The number of hydrogen-bond donors (Lipinski definition) is 1. The highest BCUT2D eigenvalue weighted by molar-refractivity contribution is 7.99. The molecule has 1 atom stereocenters. The highest BCUT2D eigenvalue weighted by Crippen LogP contribution is 2.37. The number of nitrogens with zero attached hydrogens (tertiary/aromatic N) is 1. The second kappa shape index (κ2) is 5.76. The van der Waals surface area contributed by atoms with Crippen LogP contribution in [0, 0.1) is 0 Å². The van der Waals surface area contributed by atoms with Crippen LogP contribution in [0.25, 0.3) is 0 Å². The molecule has 2 heterocycles. The smallest absolute Gasteiger partial charge is 0.0573 e. The Bertz CT molecular complexity index is 568. The van der Waals surface area contributed by atoms with Crippen molar-refractivity contribution in [2.24, 2.45) is 0 Å². The summed E-state index contributed by atoms with van der Waals surface area (Å²) in [5.74, 6) is 1.12. The van der Waals surface area contributed by atoms with Crippen LogP contribution in [0.2, 0.25) is 0 Å². The van der Waals surface area contributed by atoms with E-state index in [1.54, 1.807) is 0 Å². The summed E-state index contributed by atoms with van der Waals surface area (Å²) in [6.07, 6.45) is 2.92. The van der Waals surface area contributed by atoms with E-state index in [1.165, 1.54) is 21.7 Å². The van der Waals surface area contributed by atoms with Gasteiger partial charge in [0.25, 0.3) is 0 Å². The highest BCUT2D eigenvalue weighted by Gasteiger charge is 2.22. The number of rotatable bonds is 4. The van der Waals surface area contributed by atoms with Crippen LogP contribution < -0.4 is 5.32 Å². The lowest BCUT2D eigenvalue weighted by molar-refractivity contribution is 0.573. The number of aromatic nitrogens is 1. The molecule has 1 aromatic carbocycles. The van der Waals surface area contributed by atoms with Crippen molar-refractivity contribution < 1.29 is 0 Å². The van der Waals surface area contributed by atoms with Crippen LogP contribution in [0.1, 0.15) is 29.8 Å². The standard InChI is InChI=1S/C16H18N2S/c1-2-12-6-5-9-17-14(12)10-18-15-11-19-16-8-4-3-7-13(15)16/h3-9,15,18H,2,10-11H2,1H3. The molecule has 98 valence electrons. The van der Waals surface area contributed by atoms with Crippen molar-refractivity contribution in [3.05, 3.63) is 59.4 Å². The number of hydrogen-bond acceptors (Lipinski definition) is 3. The first-order valence-corrected chi connectivity index (χ1v) is 7.75. The lowest BCUT2D eigenvalue weighted by Gasteiger charge is -2.14. The number of thioether (sulfide) groups is 1. The van der Waals surface area contributed by atoms with Crippen molar-refractivity contribution in [3.63, 3.8) is 0 Å². The van der Waals surface area contributed by atoms with Crippen molar-refractivity contribution in [1.82, 2.24) is 10.3 Å². The Hall–Kier alpha value is -1.32. The topological polar surface area (TPSA) is 24.9 Å². The Labute approximate surface area is 118 Å². The van der Waals surface area contributed by atoms with E-state index in [4.69, 9.17) is 0 Å². The zero-order valence-electron chi connectivity index (χ0n) is 11.1. The molecule has 0 fully saturated rings. The fraction of sp³-hybridized carbons (Fsp3) is 0.312. The molecule has 0 radical (unpaired) electrons. The first kappa shape index (κ1) is 12.7. The van der Waals surface area contributed by atoms with Gasteiger partial charge in [-0.2, -0.15) is 0 Å². The average Bonchev–Trinajstić information content (AvgIpc) is 2.89. The predicted molar refractivity (Wildman–Crippen MR) is 80.4 cm³/mol. The number of aryl methyl sites for hydroxylation is 1. The summed E-state index contributed by atoms with van der Waals surface area (Å²) < 4.78 is 0. The minimum absolute atomic E-state index is 0.452. The maximum Gasteiger partial charge on any atom is 0.0573 e. The van der Waals surface area contributed by atoms with Gasteiger partial charge < -0.3 is 5.32 Å². The SMILES string of the molecule is CCc1cccnc1CNC1CSc2ccccc21. The highest BCUT2D eigenvalue weighted by atomic mass is 32.2. The molecular formula is C16H18N2S. The summed E-state index contributed by atoms with van der Waals surface area (Å²) in [6.45, 7) is 3.03. The van der Waals surface area contributed by atoms with E-state index < -0.39 is 0 Å². The summed E-state index contributed by atoms with van der Waals surface area (Å²) in [5.41, 5.74) is 3.95. The molecule has 0 spiro atoms. The average molecular weight is 270 g/mol. The van der Waals surface area contributed by atoms with Crippen LogP contribution in [0.15, 0.2) is 47.5 Å². The molecule has 0 aliphatic carbocycles. The van der Waals surface area contributed by atoms with Crippen molar-refractivity contribution in [1.29, 1.82) is 0 Å². The lowest BCUT2D eigenvalue weighted by atomic mass is 10.1.